The fourth-order valence-electron chi connectivity index (χ4n) is 4.06. The van der Waals surface area contributed by atoms with Gasteiger partial charge in [0.15, 0.2) is 0 Å². The van der Waals surface area contributed by atoms with Crippen LogP contribution in [0, 0.1) is 5.41 Å². The smallest absolute Gasteiger partial charge is 0.233 e. The van der Waals surface area contributed by atoms with E-state index < -0.39 is 0 Å². The third-order valence-electron chi connectivity index (χ3n) is 5.54. The molecule has 1 saturated carbocycles. The van der Waals surface area contributed by atoms with E-state index in [1.165, 1.54) is 18.4 Å². The van der Waals surface area contributed by atoms with E-state index in [4.69, 9.17) is 0 Å². The van der Waals surface area contributed by atoms with Crippen LogP contribution >= 0.6 is 0 Å². The first kappa shape index (κ1) is 12.4. The zero-order valence-electron chi connectivity index (χ0n) is 11.9. The maximum absolute atomic E-state index is 13.0. The Balaban J connectivity index is 1.54. The summed E-state index contributed by atoms with van der Waals surface area (Å²) >= 11 is 0. The number of nitrogens with one attached hydrogen (secondary N) is 1. The van der Waals surface area contributed by atoms with Gasteiger partial charge >= 0.3 is 0 Å². The van der Waals surface area contributed by atoms with Crippen LogP contribution in [0.1, 0.15) is 31.2 Å². The molecule has 4 rings (SSSR count). The topological polar surface area (TPSA) is 32.3 Å². The van der Waals surface area contributed by atoms with Crippen molar-refractivity contribution < 1.29 is 4.79 Å². The van der Waals surface area contributed by atoms with Gasteiger partial charge in [0.2, 0.25) is 5.91 Å². The first-order valence-electron chi connectivity index (χ1n) is 7.80. The van der Waals surface area contributed by atoms with Gasteiger partial charge in [-0.15, -0.1) is 0 Å². The second-order valence-electron chi connectivity index (χ2n) is 6.85. The summed E-state index contributed by atoms with van der Waals surface area (Å²) in [4.78, 5) is 15.1. The van der Waals surface area contributed by atoms with E-state index >= 15 is 0 Å². The molecule has 2 saturated heterocycles. The van der Waals surface area contributed by atoms with Gasteiger partial charge in [0.25, 0.3) is 0 Å². The molecule has 1 amide bonds. The van der Waals surface area contributed by atoms with E-state index in [0.717, 1.165) is 39.0 Å². The van der Waals surface area contributed by atoms with Crippen LogP contribution in [0.2, 0.25) is 0 Å². The predicted molar refractivity (Wildman–Crippen MR) is 78.5 cm³/mol. The third-order valence-corrected chi connectivity index (χ3v) is 5.54. The molecule has 3 nitrogen and oxygen atoms in total. The van der Waals surface area contributed by atoms with Crippen LogP contribution < -0.4 is 5.32 Å². The lowest BCUT2D eigenvalue weighted by Gasteiger charge is -2.26. The van der Waals surface area contributed by atoms with Crippen LogP contribution in [-0.2, 0) is 10.2 Å². The molecule has 1 aromatic rings. The summed E-state index contributed by atoms with van der Waals surface area (Å²) in [5.74, 6) is 0.382. The molecule has 0 aromatic heterocycles. The Kier molecular flexibility index (Phi) is 2.68. The monoisotopic (exact) mass is 270 g/mol. The van der Waals surface area contributed by atoms with Crippen molar-refractivity contribution >= 4 is 5.91 Å². The largest absolute Gasteiger partial charge is 0.341 e. The number of hydrogen-bond donors (Lipinski definition) is 1. The maximum atomic E-state index is 13.0. The third kappa shape index (κ3) is 1.80. The number of likely N-dealkylation sites (tertiary alicyclic amines) is 1. The van der Waals surface area contributed by atoms with Crippen molar-refractivity contribution in [3.05, 3.63) is 35.9 Å². The van der Waals surface area contributed by atoms with Crippen molar-refractivity contribution in [1.29, 1.82) is 0 Å². The lowest BCUT2D eigenvalue weighted by atomic mass is 9.86. The number of nitrogens with zero attached hydrogens (tertiary/aromatic N) is 1. The van der Waals surface area contributed by atoms with Crippen LogP contribution in [-0.4, -0.2) is 37.0 Å². The molecule has 3 aliphatic rings. The van der Waals surface area contributed by atoms with Crippen LogP contribution in [0.3, 0.4) is 0 Å². The Morgan fingerprint density at radius 3 is 2.55 bits per heavy atom. The highest BCUT2D eigenvalue weighted by Crippen LogP contribution is 2.51. The van der Waals surface area contributed by atoms with E-state index in [0.29, 0.717) is 11.3 Å². The van der Waals surface area contributed by atoms with Gasteiger partial charge in [-0.2, -0.15) is 0 Å². The van der Waals surface area contributed by atoms with Gasteiger partial charge in [0.1, 0.15) is 0 Å². The molecule has 1 aliphatic carbocycles. The van der Waals surface area contributed by atoms with Gasteiger partial charge in [-0.25, -0.2) is 0 Å². The van der Waals surface area contributed by atoms with E-state index in [-0.39, 0.29) is 5.41 Å². The Hall–Kier alpha value is -1.35. The fourth-order valence-corrected chi connectivity index (χ4v) is 4.06. The Morgan fingerprint density at radius 1 is 1.10 bits per heavy atom. The van der Waals surface area contributed by atoms with Crippen molar-refractivity contribution in [2.24, 2.45) is 5.41 Å². The average Bonchev–Trinajstić information content (AvgIpc) is 3.01. The van der Waals surface area contributed by atoms with Crippen molar-refractivity contribution in [3.63, 3.8) is 0 Å². The van der Waals surface area contributed by atoms with Crippen molar-refractivity contribution in [2.45, 2.75) is 31.1 Å². The standard InChI is InChI=1S/C17H22N2O/c20-15(17(6-7-17)14-4-2-1-3-5-14)19-11-9-16(13-19)8-10-18-12-16/h1-5,18H,6-13H2/t16-/m1/s1. The first-order valence-corrected chi connectivity index (χ1v) is 7.80. The summed E-state index contributed by atoms with van der Waals surface area (Å²) in [5, 5.41) is 3.46. The number of carbonyl (C=O) groups is 1. The number of amides is 1. The highest BCUT2D eigenvalue weighted by Gasteiger charge is 2.55. The summed E-state index contributed by atoms with van der Waals surface area (Å²) in [6.07, 6.45) is 4.46. The minimum Gasteiger partial charge on any atom is -0.341 e. The van der Waals surface area contributed by atoms with Gasteiger partial charge in [-0.3, -0.25) is 4.79 Å². The number of carbonyl (C=O) groups excluding carboxylic acids is 1. The lowest BCUT2D eigenvalue weighted by molar-refractivity contribution is -0.133. The Labute approximate surface area is 120 Å². The van der Waals surface area contributed by atoms with Crippen LogP contribution in [0.15, 0.2) is 30.3 Å². The molecule has 3 heteroatoms. The summed E-state index contributed by atoms with van der Waals surface area (Å²) in [6.45, 7) is 4.13. The molecule has 0 radical (unpaired) electrons. The molecule has 0 unspecified atom stereocenters. The molecule has 0 bridgehead atoms. The van der Waals surface area contributed by atoms with Gasteiger partial charge in [-0.1, -0.05) is 30.3 Å². The molecular formula is C17H22N2O. The molecule has 1 atom stereocenters. The van der Waals surface area contributed by atoms with Crippen LogP contribution in [0.5, 0.6) is 0 Å². The summed E-state index contributed by atoms with van der Waals surface area (Å²) < 4.78 is 0. The molecule has 2 heterocycles. The van der Waals surface area contributed by atoms with Crippen molar-refractivity contribution in [3.8, 4) is 0 Å². The minimum absolute atomic E-state index is 0.182. The zero-order chi connectivity index (χ0) is 13.6. The number of rotatable bonds is 2. The highest BCUT2D eigenvalue weighted by molar-refractivity contribution is 5.91. The fraction of sp³-hybridized carbons (Fsp3) is 0.588. The van der Waals surface area contributed by atoms with Crippen LogP contribution in [0.4, 0.5) is 0 Å². The zero-order valence-corrected chi connectivity index (χ0v) is 11.9. The Bertz CT molecular complexity index is 515. The van der Waals surface area contributed by atoms with Crippen molar-refractivity contribution in [2.75, 3.05) is 26.2 Å². The number of hydrogen-bond acceptors (Lipinski definition) is 2. The number of benzene rings is 1. The van der Waals surface area contributed by atoms with Crippen LogP contribution in [0.25, 0.3) is 0 Å². The maximum Gasteiger partial charge on any atom is 0.233 e. The molecule has 106 valence electrons. The molecule has 2 aliphatic heterocycles. The second kappa shape index (κ2) is 4.32. The second-order valence-corrected chi connectivity index (χ2v) is 6.85. The Morgan fingerprint density at radius 2 is 1.90 bits per heavy atom. The highest BCUT2D eigenvalue weighted by atomic mass is 16.2. The summed E-state index contributed by atoms with van der Waals surface area (Å²) in [5.41, 5.74) is 1.41. The molecule has 1 spiro atoms. The lowest BCUT2D eigenvalue weighted by Crippen LogP contribution is -2.39. The van der Waals surface area contributed by atoms with Gasteiger partial charge in [0.05, 0.1) is 5.41 Å². The van der Waals surface area contributed by atoms with Gasteiger partial charge in [-0.05, 0) is 37.8 Å². The summed E-state index contributed by atoms with van der Waals surface area (Å²) in [6, 6.07) is 10.4. The van der Waals surface area contributed by atoms with Gasteiger partial charge < -0.3 is 10.2 Å². The SMILES string of the molecule is O=C(N1CC[C@@]2(CCNC2)C1)C1(c2ccccc2)CC1. The van der Waals surface area contributed by atoms with E-state index in [9.17, 15) is 4.79 Å². The van der Waals surface area contributed by atoms with Gasteiger partial charge in [0, 0.05) is 25.0 Å². The molecule has 1 N–H and O–H groups in total. The van der Waals surface area contributed by atoms with E-state index in [2.05, 4.69) is 34.5 Å². The minimum atomic E-state index is -0.182. The summed E-state index contributed by atoms with van der Waals surface area (Å²) in [7, 11) is 0. The molecular weight excluding hydrogens is 248 g/mol. The molecule has 3 fully saturated rings. The normalized spacial score (nSPS) is 30.9. The quantitative estimate of drug-likeness (QED) is 0.890. The average molecular weight is 270 g/mol. The first-order chi connectivity index (χ1) is 9.74. The van der Waals surface area contributed by atoms with Crippen molar-refractivity contribution in [1.82, 2.24) is 10.2 Å². The predicted octanol–water partition coefficient (Wildman–Crippen LogP) is 1.93. The van der Waals surface area contributed by atoms with E-state index in [1.54, 1.807) is 0 Å². The molecule has 1 aromatic carbocycles. The molecule has 20 heavy (non-hydrogen) atoms. The van der Waals surface area contributed by atoms with E-state index in [1.807, 2.05) is 6.07 Å².